The summed E-state index contributed by atoms with van der Waals surface area (Å²) in [5.41, 5.74) is 0. The van der Waals surface area contributed by atoms with Gasteiger partial charge in [0, 0.05) is 166 Å². The quantitative estimate of drug-likeness (QED) is 0.0529. The van der Waals surface area contributed by atoms with Crippen molar-refractivity contribution in [1.82, 2.24) is 44.4 Å². The number of hydrogen-bond donors (Lipinski definition) is 3. The minimum absolute atomic E-state index is 0.00652. The summed E-state index contributed by atoms with van der Waals surface area (Å²) in [6.07, 6.45) is 30.3. The van der Waals surface area contributed by atoms with E-state index < -0.39 is 0 Å². The molecule has 21 nitrogen and oxygen atoms in total. The van der Waals surface area contributed by atoms with Crippen molar-refractivity contribution in [1.29, 1.82) is 0 Å². The maximum Gasteiger partial charge on any atom is 0.253 e. The number of imide groups is 3. The highest BCUT2D eigenvalue weighted by molar-refractivity contribution is 6.14. The lowest BCUT2D eigenvalue weighted by Crippen LogP contribution is -2.31. The van der Waals surface area contributed by atoms with Crippen molar-refractivity contribution in [3.8, 4) is 0 Å². The second-order valence-electron chi connectivity index (χ2n) is 18.3. The molecule has 0 unspecified atom stereocenters. The highest BCUT2D eigenvalue weighted by Crippen LogP contribution is 2.10. The summed E-state index contributed by atoms with van der Waals surface area (Å²) >= 11 is 0. The summed E-state index contributed by atoms with van der Waals surface area (Å²) in [6, 6.07) is 11.8. The molecule has 0 bridgehead atoms. The van der Waals surface area contributed by atoms with Crippen molar-refractivity contribution in [2.75, 3.05) is 79.4 Å². The standard InChI is InChI=1S/2C16H21N3O3.C13H20N2O4.C12H21NO2/c2*20-14(17-9-13-18-10-4-5-11-18)6-2-1-3-12-19-15(21)7-8-16(19)22;1-19-10-8-14-11(16)5-3-2-4-9-15-12(17)6-7-13(15)18;1-2-3-9-14-11-12-15-10-8-13-6-4-5-7-13/h2*4-5,7-8,10-11H,1-3,6,9,12-13H2,(H,17,20);6-7H,2-5,8-10H2,1H3,(H,14,16);4-7H,2-3,8-12H2,1H3. The Balaban J connectivity index is 0.000000276. The van der Waals surface area contributed by atoms with Gasteiger partial charge < -0.3 is 43.9 Å². The van der Waals surface area contributed by atoms with E-state index in [1.165, 1.54) is 57.6 Å². The molecule has 3 aromatic rings. The number of amides is 9. The van der Waals surface area contributed by atoms with Crippen molar-refractivity contribution in [2.45, 2.75) is 116 Å². The van der Waals surface area contributed by atoms with Crippen molar-refractivity contribution >= 4 is 53.2 Å². The molecule has 9 amide bonds. The third-order valence-electron chi connectivity index (χ3n) is 12.1. The lowest BCUT2D eigenvalue weighted by molar-refractivity contribution is -0.138. The summed E-state index contributed by atoms with van der Waals surface area (Å²) < 4.78 is 21.8. The van der Waals surface area contributed by atoms with Gasteiger partial charge in [-0.15, -0.1) is 0 Å². The van der Waals surface area contributed by atoms with Crippen molar-refractivity contribution in [3.05, 3.63) is 110 Å². The Morgan fingerprint density at radius 2 is 0.692 bits per heavy atom. The lowest BCUT2D eigenvalue weighted by Gasteiger charge is -2.13. The molecule has 78 heavy (non-hydrogen) atoms. The van der Waals surface area contributed by atoms with Crippen LogP contribution in [0.15, 0.2) is 110 Å². The SMILES string of the molecule is CCCCOCCOCCn1cccc1.COCCNC(=O)CCCCCN1C(=O)C=CC1=O.O=C(CCCCCN1C(=O)C=CC1=O)NCCn1cccc1.O=C(CCCCCN1C(=O)C=CC1=O)NCCn1cccc1. The molecule has 3 N–H and O–H groups in total. The van der Waals surface area contributed by atoms with Gasteiger partial charge in [-0.25, -0.2) is 0 Å². The zero-order valence-electron chi connectivity index (χ0n) is 45.8. The smallest absolute Gasteiger partial charge is 0.253 e. The van der Waals surface area contributed by atoms with Crippen LogP contribution < -0.4 is 16.0 Å². The second kappa shape index (κ2) is 40.9. The average Bonchev–Trinajstić information content (AvgIpc) is 4.33. The minimum atomic E-state index is -0.248. The van der Waals surface area contributed by atoms with Crippen molar-refractivity contribution in [3.63, 3.8) is 0 Å². The molecule has 0 fully saturated rings. The van der Waals surface area contributed by atoms with Crippen molar-refractivity contribution < 1.29 is 57.4 Å². The first-order chi connectivity index (χ1) is 37.9. The maximum atomic E-state index is 11.6. The molecule has 6 rings (SSSR count). The summed E-state index contributed by atoms with van der Waals surface area (Å²) in [5.74, 6) is -1.37. The number of hydrogen-bond acceptors (Lipinski definition) is 12. The molecule has 6 heterocycles. The third kappa shape index (κ3) is 29.3. The molecule has 428 valence electrons. The number of ether oxygens (including phenoxy) is 3. The number of nitrogens with one attached hydrogen (secondary N) is 3. The maximum absolute atomic E-state index is 11.6. The van der Waals surface area contributed by atoms with Crippen LogP contribution in [0.25, 0.3) is 0 Å². The number of unbranched alkanes of at least 4 members (excludes halogenated alkanes) is 7. The van der Waals surface area contributed by atoms with Crippen LogP contribution in [-0.4, -0.2) is 161 Å². The normalized spacial score (nSPS) is 13.4. The molecule has 0 aliphatic carbocycles. The monoisotopic (exact) mass is 1090 g/mol. The Hall–Kier alpha value is -7.23. The number of carbonyl (C=O) groups excluding carboxylic acids is 9. The summed E-state index contributed by atoms with van der Waals surface area (Å²) in [7, 11) is 1.59. The number of aromatic nitrogens is 3. The number of nitrogens with zero attached hydrogens (tertiary/aromatic N) is 6. The zero-order chi connectivity index (χ0) is 56.4. The van der Waals surface area contributed by atoms with Crippen molar-refractivity contribution in [2.24, 2.45) is 0 Å². The molecule has 0 spiro atoms. The van der Waals surface area contributed by atoms with E-state index in [1.807, 2.05) is 82.7 Å². The van der Waals surface area contributed by atoms with Gasteiger partial charge in [0.2, 0.25) is 17.7 Å². The third-order valence-corrected chi connectivity index (χ3v) is 12.1. The van der Waals surface area contributed by atoms with Gasteiger partial charge in [-0.05, 0) is 81.3 Å². The van der Waals surface area contributed by atoms with Crippen LogP contribution in [0.5, 0.6) is 0 Å². The van der Waals surface area contributed by atoms with Crippen LogP contribution in [0.1, 0.15) is 96.8 Å². The zero-order valence-corrected chi connectivity index (χ0v) is 45.8. The van der Waals surface area contributed by atoms with E-state index in [1.54, 1.807) is 7.11 Å². The van der Waals surface area contributed by atoms with Gasteiger partial charge in [-0.2, -0.15) is 0 Å². The molecule has 3 aliphatic heterocycles. The highest BCUT2D eigenvalue weighted by Gasteiger charge is 2.24. The van der Waals surface area contributed by atoms with Gasteiger partial charge >= 0.3 is 0 Å². The topological polar surface area (TPSA) is 242 Å². The van der Waals surface area contributed by atoms with Crippen LogP contribution in [0.4, 0.5) is 0 Å². The molecule has 3 aliphatic rings. The number of carbonyl (C=O) groups is 9. The predicted octanol–water partition coefficient (Wildman–Crippen LogP) is 4.74. The molecule has 21 heteroatoms. The molecule has 3 aromatic heterocycles. The molecular weight excluding hydrogens is 1000 g/mol. The Morgan fingerprint density at radius 1 is 0.372 bits per heavy atom. The molecule has 0 aromatic carbocycles. The predicted molar refractivity (Wildman–Crippen MR) is 294 cm³/mol. The van der Waals surface area contributed by atoms with E-state index in [4.69, 9.17) is 14.2 Å². The van der Waals surface area contributed by atoms with Crippen LogP contribution in [0.2, 0.25) is 0 Å². The van der Waals surface area contributed by atoms with Gasteiger partial charge in [-0.3, -0.25) is 57.9 Å². The Bertz CT molecular complexity index is 2160. The van der Waals surface area contributed by atoms with E-state index in [0.717, 1.165) is 97.1 Å². The molecule has 0 saturated carbocycles. The summed E-state index contributed by atoms with van der Waals surface area (Å²) in [5, 5.41) is 8.49. The molecular formula is C57H83N9O12. The van der Waals surface area contributed by atoms with Gasteiger partial charge in [0.15, 0.2) is 0 Å². The number of methoxy groups -OCH3 is 1. The van der Waals surface area contributed by atoms with Crippen LogP contribution in [0, 0.1) is 0 Å². The van der Waals surface area contributed by atoms with E-state index in [-0.39, 0.29) is 53.2 Å². The molecule has 0 radical (unpaired) electrons. The summed E-state index contributed by atoms with van der Waals surface area (Å²) in [4.78, 5) is 106. The second-order valence-corrected chi connectivity index (χ2v) is 18.3. The highest BCUT2D eigenvalue weighted by atomic mass is 16.5. The Labute approximate surface area is 459 Å². The van der Waals surface area contributed by atoms with Crippen LogP contribution in [-0.2, 0) is 77.0 Å². The Morgan fingerprint density at radius 3 is 1.03 bits per heavy atom. The largest absolute Gasteiger partial charge is 0.383 e. The van der Waals surface area contributed by atoms with E-state index in [0.29, 0.717) is 78.4 Å². The Kier molecular flexibility index (Phi) is 34.2. The fourth-order valence-corrected chi connectivity index (χ4v) is 7.65. The van der Waals surface area contributed by atoms with E-state index >= 15 is 0 Å². The van der Waals surface area contributed by atoms with E-state index in [2.05, 4.69) is 27.4 Å². The number of rotatable bonds is 36. The minimum Gasteiger partial charge on any atom is -0.383 e. The van der Waals surface area contributed by atoms with E-state index in [9.17, 15) is 43.2 Å². The van der Waals surface area contributed by atoms with Gasteiger partial charge in [-0.1, -0.05) is 32.6 Å². The van der Waals surface area contributed by atoms with Crippen LogP contribution in [0.3, 0.4) is 0 Å². The molecule has 0 saturated heterocycles. The van der Waals surface area contributed by atoms with Crippen LogP contribution >= 0.6 is 0 Å². The van der Waals surface area contributed by atoms with Gasteiger partial charge in [0.05, 0.1) is 26.4 Å². The fourth-order valence-electron chi connectivity index (χ4n) is 7.65. The average molecular weight is 1090 g/mol. The first-order valence-corrected chi connectivity index (χ1v) is 27.3. The van der Waals surface area contributed by atoms with Gasteiger partial charge in [0.25, 0.3) is 35.4 Å². The lowest BCUT2D eigenvalue weighted by atomic mass is 10.2. The molecule has 0 atom stereocenters. The first kappa shape index (κ1) is 65.1. The fraction of sp³-hybridized carbons (Fsp3) is 0.526. The summed E-state index contributed by atoms with van der Waals surface area (Å²) in [6.45, 7) is 11.2. The van der Waals surface area contributed by atoms with Gasteiger partial charge in [0.1, 0.15) is 0 Å². The first-order valence-electron chi connectivity index (χ1n) is 27.3.